The maximum atomic E-state index is 4.38. The van der Waals surface area contributed by atoms with Gasteiger partial charge in [-0.05, 0) is 63.4 Å². The highest BCUT2D eigenvalue weighted by Crippen LogP contribution is 2.36. The van der Waals surface area contributed by atoms with Gasteiger partial charge in [0.05, 0.1) is 0 Å². The van der Waals surface area contributed by atoms with Crippen molar-refractivity contribution in [1.82, 2.24) is 14.9 Å². The van der Waals surface area contributed by atoms with Crippen molar-refractivity contribution in [3.8, 4) is 0 Å². The summed E-state index contributed by atoms with van der Waals surface area (Å²) in [4.78, 5) is 10.0. The number of H-pyrrole nitrogens is 1. The first-order chi connectivity index (χ1) is 8.75. The zero-order valence-electron chi connectivity index (χ0n) is 11.6. The lowest BCUT2D eigenvalue weighted by molar-refractivity contribution is 0.217. The molecule has 0 bridgehead atoms. The highest BCUT2D eigenvalue weighted by molar-refractivity contribution is 5.85. The van der Waals surface area contributed by atoms with E-state index in [4.69, 9.17) is 0 Å². The van der Waals surface area contributed by atoms with Crippen molar-refractivity contribution in [2.75, 3.05) is 14.1 Å². The molecule has 4 heteroatoms. The van der Waals surface area contributed by atoms with Gasteiger partial charge < -0.3 is 9.88 Å². The number of hydrogen-bond acceptors (Lipinski definition) is 2. The molecule has 1 N–H and O–H groups in total. The maximum Gasteiger partial charge on any atom is 0.137 e. The molecule has 3 nitrogen and oxygen atoms in total. The number of nitrogens with zero attached hydrogens (tertiary/aromatic N) is 2. The number of halogens is 1. The second-order valence-electron chi connectivity index (χ2n) is 5.61. The second-order valence-corrected chi connectivity index (χ2v) is 5.61. The standard InChI is InChI=1S/C15H21N3.ClH/c1-18(2)12-7-5-11(6-8-12)14-10-17-15-13(14)4-3-9-16-15;/h3-4,9-12H,5-8H2,1-2H3,(H,16,17);1H. The summed E-state index contributed by atoms with van der Waals surface area (Å²) < 4.78 is 0. The van der Waals surface area contributed by atoms with E-state index < -0.39 is 0 Å². The van der Waals surface area contributed by atoms with Crippen LogP contribution in [-0.2, 0) is 0 Å². The van der Waals surface area contributed by atoms with Gasteiger partial charge in [0.1, 0.15) is 5.65 Å². The minimum absolute atomic E-state index is 0. The molecule has 0 radical (unpaired) electrons. The third kappa shape index (κ3) is 2.77. The van der Waals surface area contributed by atoms with Crippen LogP contribution in [0.15, 0.2) is 24.5 Å². The van der Waals surface area contributed by atoms with Crippen LogP contribution in [0, 0.1) is 0 Å². The Kier molecular flexibility index (Phi) is 4.48. The Balaban J connectivity index is 0.00000133. The van der Waals surface area contributed by atoms with Gasteiger partial charge >= 0.3 is 0 Å². The Bertz CT molecular complexity index is 527. The monoisotopic (exact) mass is 279 g/mol. The van der Waals surface area contributed by atoms with Gasteiger partial charge in [0.15, 0.2) is 0 Å². The Morgan fingerprint density at radius 2 is 1.95 bits per heavy atom. The Morgan fingerprint density at radius 1 is 1.21 bits per heavy atom. The van der Waals surface area contributed by atoms with Gasteiger partial charge in [0.2, 0.25) is 0 Å². The molecule has 19 heavy (non-hydrogen) atoms. The van der Waals surface area contributed by atoms with Crippen LogP contribution in [0.3, 0.4) is 0 Å². The zero-order chi connectivity index (χ0) is 12.5. The van der Waals surface area contributed by atoms with E-state index in [-0.39, 0.29) is 12.4 Å². The van der Waals surface area contributed by atoms with Crippen molar-refractivity contribution in [3.63, 3.8) is 0 Å². The van der Waals surface area contributed by atoms with Gasteiger partial charge in [-0.25, -0.2) is 4.98 Å². The van der Waals surface area contributed by atoms with E-state index in [2.05, 4.69) is 41.2 Å². The van der Waals surface area contributed by atoms with E-state index in [1.807, 2.05) is 12.3 Å². The summed E-state index contributed by atoms with van der Waals surface area (Å²) >= 11 is 0. The summed E-state index contributed by atoms with van der Waals surface area (Å²) in [6.45, 7) is 0. The lowest BCUT2D eigenvalue weighted by Gasteiger charge is -2.32. The Hall–Kier alpha value is -1.06. The summed E-state index contributed by atoms with van der Waals surface area (Å²) in [6, 6.07) is 4.99. The summed E-state index contributed by atoms with van der Waals surface area (Å²) in [6.07, 6.45) is 9.23. The van der Waals surface area contributed by atoms with Crippen molar-refractivity contribution < 1.29 is 0 Å². The van der Waals surface area contributed by atoms with Crippen LogP contribution >= 0.6 is 12.4 Å². The predicted octanol–water partition coefficient (Wildman–Crippen LogP) is 3.57. The van der Waals surface area contributed by atoms with Crippen LogP contribution in [0.25, 0.3) is 11.0 Å². The van der Waals surface area contributed by atoms with Crippen LogP contribution in [0.5, 0.6) is 0 Å². The number of aromatic nitrogens is 2. The Morgan fingerprint density at radius 3 is 2.63 bits per heavy atom. The van der Waals surface area contributed by atoms with Gasteiger partial charge in [0.25, 0.3) is 0 Å². The molecule has 0 unspecified atom stereocenters. The summed E-state index contributed by atoms with van der Waals surface area (Å²) in [5.74, 6) is 0.708. The van der Waals surface area contributed by atoms with Crippen LogP contribution in [0.4, 0.5) is 0 Å². The van der Waals surface area contributed by atoms with E-state index >= 15 is 0 Å². The molecular weight excluding hydrogens is 258 g/mol. The zero-order valence-corrected chi connectivity index (χ0v) is 12.4. The molecule has 0 aliphatic heterocycles. The van der Waals surface area contributed by atoms with E-state index in [0.717, 1.165) is 11.7 Å². The van der Waals surface area contributed by atoms with Crippen molar-refractivity contribution >= 4 is 23.4 Å². The highest BCUT2D eigenvalue weighted by atomic mass is 35.5. The number of hydrogen-bond donors (Lipinski definition) is 1. The number of nitrogens with one attached hydrogen (secondary N) is 1. The molecule has 0 atom stereocenters. The topological polar surface area (TPSA) is 31.9 Å². The van der Waals surface area contributed by atoms with E-state index in [1.54, 1.807) is 0 Å². The van der Waals surface area contributed by atoms with Gasteiger partial charge in [-0.3, -0.25) is 0 Å². The third-order valence-corrected chi connectivity index (χ3v) is 4.35. The molecule has 2 aromatic rings. The van der Waals surface area contributed by atoms with E-state index in [9.17, 15) is 0 Å². The van der Waals surface area contributed by atoms with Crippen LogP contribution in [-0.4, -0.2) is 35.0 Å². The fourth-order valence-corrected chi connectivity index (χ4v) is 3.22. The maximum absolute atomic E-state index is 4.38. The number of aromatic amines is 1. The van der Waals surface area contributed by atoms with E-state index in [1.165, 1.54) is 36.6 Å². The van der Waals surface area contributed by atoms with Crippen molar-refractivity contribution in [3.05, 3.63) is 30.1 Å². The first kappa shape index (κ1) is 14.4. The smallest absolute Gasteiger partial charge is 0.137 e. The molecule has 1 aliphatic rings. The summed E-state index contributed by atoms with van der Waals surface area (Å²) in [5.41, 5.74) is 2.50. The fraction of sp³-hybridized carbons (Fsp3) is 0.533. The molecule has 0 amide bonds. The summed E-state index contributed by atoms with van der Waals surface area (Å²) in [7, 11) is 4.39. The molecule has 0 saturated heterocycles. The van der Waals surface area contributed by atoms with Gasteiger partial charge in [0, 0.05) is 23.8 Å². The summed E-state index contributed by atoms with van der Waals surface area (Å²) in [5, 5.41) is 1.31. The van der Waals surface area contributed by atoms with Crippen molar-refractivity contribution in [1.29, 1.82) is 0 Å². The molecule has 0 spiro atoms. The van der Waals surface area contributed by atoms with Crippen LogP contribution < -0.4 is 0 Å². The second kappa shape index (κ2) is 5.93. The third-order valence-electron chi connectivity index (χ3n) is 4.35. The highest BCUT2D eigenvalue weighted by Gasteiger charge is 2.25. The number of rotatable bonds is 2. The molecule has 2 heterocycles. The first-order valence-corrected chi connectivity index (χ1v) is 6.84. The van der Waals surface area contributed by atoms with Crippen LogP contribution in [0.1, 0.15) is 37.2 Å². The molecule has 3 rings (SSSR count). The quantitative estimate of drug-likeness (QED) is 0.911. The average molecular weight is 280 g/mol. The minimum Gasteiger partial charge on any atom is -0.346 e. The Labute approximate surface area is 120 Å². The predicted molar refractivity (Wildman–Crippen MR) is 82.0 cm³/mol. The molecule has 1 aliphatic carbocycles. The van der Waals surface area contributed by atoms with Crippen molar-refractivity contribution in [2.24, 2.45) is 0 Å². The fourth-order valence-electron chi connectivity index (χ4n) is 3.22. The van der Waals surface area contributed by atoms with Crippen molar-refractivity contribution in [2.45, 2.75) is 37.6 Å². The first-order valence-electron chi connectivity index (χ1n) is 6.84. The molecule has 104 valence electrons. The SMILES string of the molecule is CN(C)C1CCC(c2c[nH]c3ncccc23)CC1.Cl. The number of pyridine rings is 1. The lowest BCUT2D eigenvalue weighted by Crippen LogP contribution is -2.31. The number of fused-ring (bicyclic) bond motifs is 1. The largest absolute Gasteiger partial charge is 0.346 e. The molecule has 1 saturated carbocycles. The molecule has 2 aromatic heterocycles. The average Bonchev–Trinajstić information content (AvgIpc) is 2.82. The van der Waals surface area contributed by atoms with E-state index in [0.29, 0.717) is 5.92 Å². The van der Waals surface area contributed by atoms with Gasteiger partial charge in [-0.15, -0.1) is 12.4 Å². The van der Waals surface area contributed by atoms with Gasteiger partial charge in [-0.2, -0.15) is 0 Å². The lowest BCUT2D eigenvalue weighted by atomic mass is 9.81. The van der Waals surface area contributed by atoms with Crippen LogP contribution in [0.2, 0.25) is 0 Å². The molecule has 0 aromatic carbocycles. The normalized spacial score (nSPS) is 23.5. The minimum atomic E-state index is 0. The van der Waals surface area contributed by atoms with Gasteiger partial charge in [-0.1, -0.05) is 0 Å². The molecule has 1 fully saturated rings. The molecular formula is C15H22ClN3.